The van der Waals surface area contributed by atoms with E-state index in [4.69, 9.17) is 30.5 Å². The number of amides is 3. The third kappa shape index (κ3) is 2.99. The summed E-state index contributed by atoms with van der Waals surface area (Å²) in [4.78, 5) is 27.1. The number of fused-ring (bicyclic) bond motifs is 2. The number of benzene rings is 2. The molecule has 0 radical (unpaired) electrons. The van der Waals surface area contributed by atoms with Crippen molar-refractivity contribution in [1.82, 2.24) is 10.2 Å². The third-order valence-corrected chi connectivity index (χ3v) is 5.67. The highest BCUT2D eigenvalue weighted by molar-refractivity contribution is 6.32. The van der Waals surface area contributed by atoms with Crippen molar-refractivity contribution in [3.63, 3.8) is 0 Å². The summed E-state index contributed by atoms with van der Waals surface area (Å²) in [5.41, 5.74) is 0.0665. The maximum atomic E-state index is 13.3. The normalized spacial score (nSPS) is 22.1. The van der Waals surface area contributed by atoms with Crippen LogP contribution < -0.4 is 24.3 Å². The fourth-order valence-corrected chi connectivity index (χ4v) is 4.12. The molecule has 156 valence electrons. The highest BCUT2D eigenvalue weighted by Crippen LogP contribution is 2.40. The van der Waals surface area contributed by atoms with Crippen molar-refractivity contribution in [3.8, 4) is 23.0 Å². The minimum Gasteiger partial charge on any atom is -0.486 e. The minimum absolute atomic E-state index is 0.0567. The zero-order chi connectivity index (χ0) is 20.9. The average Bonchev–Trinajstić information content (AvgIpc) is 2.97. The van der Waals surface area contributed by atoms with Crippen LogP contribution in [0.2, 0.25) is 5.02 Å². The molecule has 0 spiro atoms. The standard InChI is InChI=1S/C21H19ClN2O6/c1-21(13-2-3-15-16(10-13)28-5-4-27-15)19(25)24(20(26)23-21)11-12-8-14(22)18-17(9-12)29-6-7-30-18/h2-3,8-10H,4-7,11H2,1H3,(H,23,26). The second kappa shape index (κ2) is 6.98. The van der Waals surface area contributed by atoms with Gasteiger partial charge in [0.25, 0.3) is 5.91 Å². The minimum atomic E-state index is -1.22. The van der Waals surface area contributed by atoms with Gasteiger partial charge in [-0.1, -0.05) is 17.7 Å². The van der Waals surface area contributed by atoms with Crippen LogP contribution in [0.5, 0.6) is 23.0 Å². The number of nitrogens with zero attached hydrogens (tertiary/aromatic N) is 1. The first-order valence-corrected chi connectivity index (χ1v) is 9.96. The van der Waals surface area contributed by atoms with E-state index < -0.39 is 11.6 Å². The van der Waals surface area contributed by atoms with Crippen molar-refractivity contribution in [2.75, 3.05) is 26.4 Å². The van der Waals surface area contributed by atoms with Crippen LogP contribution in [0.1, 0.15) is 18.1 Å². The van der Waals surface area contributed by atoms with Gasteiger partial charge in [0.15, 0.2) is 23.0 Å². The van der Waals surface area contributed by atoms with Crippen molar-refractivity contribution in [1.29, 1.82) is 0 Å². The van der Waals surface area contributed by atoms with Crippen LogP contribution in [0.15, 0.2) is 30.3 Å². The first-order valence-electron chi connectivity index (χ1n) is 9.58. The molecule has 3 aliphatic heterocycles. The van der Waals surface area contributed by atoms with Gasteiger partial charge in [-0.2, -0.15) is 0 Å². The van der Waals surface area contributed by atoms with Gasteiger partial charge in [-0.25, -0.2) is 4.79 Å². The molecule has 9 heteroatoms. The van der Waals surface area contributed by atoms with Crippen LogP contribution in [0.25, 0.3) is 0 Å². The van der Waals surface area contributed by atoms with Gasteiger partial charge in [-0.15, -0.1) is 0 Å². The number of ether oxygens (including phenoxy) is 4. The molecule has 3 aliphatic rings. The fraction of sp³-hybridized carbons (Fsp3) is 0.333. The van der Waals surface area contributed by atoms with Crippen LogP contribution in [-0.4, -0.2) is 43.3 Å². The molecule has 1 saturated heterocycles. The number of nitrogens with one attached hydrogen (secondary N) is 1. The molecule has 0 bridgehead atoms. The third-order valence-electron chi connectivity index (χ3n) is 5.39. The maximum absolute atomic E-state index is 13.3. The molecule has 0 aliphatic carbocycles. The number of hydrogen-bond acceptors (Lipinski definition) is 6. The predicted molar refractivity (Wildman–Crippen MR) is 106 cm³/mol. The molecule has 1 fully saturated rings. The molecule has 0 aromatic heterocycles. The summed E-state index contributed by atoms with van der Waals surface area (Å²) >= 11 is 6.29. The van der Waals surface area contributed by atoms with Crippen LogP contribution >= 0.6 is 11.6 Å². The highest BCUT2D eigenvalue weighted by Gasteiger charge is 2.49. The van der Waals surface area contributed by atoms with Gasteiger partial charge in [0.1, 0.15) is 32.0 Å². The first-order chi connectivity index (χ1) is 14.5. The molecular formula is C21H19ClN2O6. The summed E-state index contributed by atoms with van der Waals surface area (Å²) in [6, 6.07) is 8.17. The Kier molecular flexibility index (Phi) is 4.39. The molecule has 2 aromatic carbocycles. The Morgan fingerprint density at radius 2 is 1.67 bits per heavy atom. The smallest absolute Gasteiger partial charge is 0.325 e. The zero-order valence-corrected chi connectivity index (χ0v) is 17.0. The Labute approximate surface area is 177 Å². The van der Waals surface area contributed by atoms with Crippen LogP contribution in [0.3, 0.4) is 0 Å². The number of hydrogen-bond donors (Lipinski definition) is 1. The summed E-state index contributed by atoms with van der Waals surface area (Å²) in [6.45, 7) is 3.48. The van der Waals surface area contributed by atoms with E-state index >= 15 is 0 Å². The van der Waals surface area contributed by atoms with Crippen molar-refractivity contribution in [3.05, 3.63) is 46.5 Å². The molecule has 30 heavy (non-hydrogen) atoms. The second-order valence-electron chi connectivity index (χ2n) is 7.41. The zero-order valence-electron chi connectivity index (χ0n) is 16.2. The molecule has 1 atom stereocenters. The Morgan fingerprint density at radius 3 is 2.47 bits per heavy atom. The Morgan fingerprint density at radius 1 is 0.967 bits per heavy atom. The number of imide groups is 1. The van der Waals surface area contributed by atoms with E-state index in [1.807, 2.05) is 0 Å². The molecule has 1 unspecified atom stereocenters. The van der Waals surface area contributed by atoms with Gasteiger partial charge in [-0.3, -0.25) is 9.69 Å². The largest absolute Gasteiger partial charge is 0.486 e. The SMILES string of the molecule is CC1(c2ccc3c(c2)OCCO3)NC(=O)N(Cc2cc(Cl)c3c(c2)OCCO3)C1=O. The molecule has 1 N–H and O–H groups in total. The van der Waals surface area contributed by atoms with Gasteiger partial charge in [0.2, 0.25) is 0 Å². The number of rotatable bonds is 3. The van der Waals surface area contributed by atoms with E-state index in [-0.39, 0.29) is 12.5 Å². The van der Waals surface area contributed by atoms with E-state index in [1.165, 1.54) is 4.90 Å². The van der Waals surface area contributed by atoms with Crippen molar-refractivity contribution < 1.29 is 28.5 Å². The number of carbonyl (C=O) groups is 2. The van der Waals surface area contributed by atoms with Gasteiger partial charge >= 0.3 is 6.03 Å². The Hall–Kier alpha value is -3.13. The summed E-state index contributed by atoms with van der Waals surface area (Å²) in [5.74, 6) is 1.79. The Balaban J connectivity index is 1.42. The monoisotopic (exact) mass is 430 g/mol. The summed E-state index contributed by atoms with van der Waals surface area (Å²) < 4.78 is 22.3. The van der Waals surface area contributed by atoms with Crippen molar-refractivity contribution >= 4 is 23.5 Å². The number of carbonyl (C=O) groups excluding carboxylic acids is 2. The van der Waals surface area contributed by atoms with Crippen molar-refractivity contribution in [2.24, 2.45) is 0 Å². The molecule has 5 rings (SSSR count). The number of halogens is 1. The lowest BCUT2D eigenvalue weighted by Crippen LogP contribution is -2.41. The topological polar surface area (TPSA) is 86.3 Å². The van der Waals surface area contributed by atoms with E-state index in [1.54, 1.807) is 37.3 Å². The van der Waals surface area contributed by atoms with E-state index in [0.29, 0.717) is 65.6 Å². The summed E-state index contributed by atoms with van der Waals surface area (Å²) in [5, 5.41) is 3.18. The van der Waals surface area contributed by atoms with E-state index in [2.05, 4.69) is 5.32 Å². The lowest BCUT2D eigenvalue weighted by atomic mass is 9.91. The summed E-state index contributed by atoms with van der Waals surface area (Å²) in [7, 11) is 0. The van der Waals surface area contributed by atoms with Gasteiger partial charge < -0.3 is 24.3 Å². The van der Waals surface area contributed by atoms with Crippen molar-refractivity contribution in [2.45, 2.75) is 19.0 Å². The van der Waals surface area contributed by atoms with E-state index in [0.717, 1.165) is 0 Å². The molecule has 0 saturated carbocycles. The second-order valence-corrected chi connectivity index (χ2v) is 7.81. The first kappa shape index (κ1) is 18.9. The molecule has 8 nitrogen and oxygen atoms in total. The number of urea groups is 1. The van der Waals surface area contributed by atoms with E-state index in [9.17, 15) is 9.59 Å². The van der Waals surface area contributed by atoms with Gasteiger partial charge in [0.05, 0.1) is 11.6 Å². The summed E-state index contributed by atoms with van der Waals surface area (Å²) in [6.07, 6.45) is 0. The van der Waals surface area contributed by atoms with Gasteiger partial charge in [-0.05, 0) is 42.3 Å². The molecular weight excluding hydrogens is 412 g/mol. The predicted octanol–water partition coefficient (Wildman–Crippen LogP) is 2.85. The maximum Gasteiger partial charge on any atom is 0.325 e. The highest BCUT2D eigenvalue weighted by atomic mass is 35.5. The van der Waals surface area contributed by atoms with Crippen LogP contribution in [-0.2, 0) is 16.9 Å². The molecule has 2 aromatic rings. The average molecular weight is 431 g/mol. The Bertz CT molecular complexity index is 1060. The quantitative estimate of drug-likeness (QED) is 0.753. The fourth-order valence-electron chi connectivity index (χ4n) is 3.83. The van der Waals surface area contributed by atoms with Crippen LogP contribution in [0, 0.1) is 0 Å². The van der Waals surface area contributed by atoms with Crippen LogP contribution in [0.4, 0.5) is 4.79 Å². The molecule has 3 amide bonds. The molecule has 3 heterocycles. The lowest BCUT2D eigenvalue weighted by molar-refractivity contribution is -0.131. The van der Waals surface area contributed by atoms with Gasteiger partial charge in [0, 0.05) is 0 Å². The lowest BCUT2D eigenvalue weighted by Gasteiger charge is -2.25.